The quantitative estimate of drug-likeness (QED) is 0.503. The van der Waals surface area contributed by atoms with Crippen LogP contribution < -0.4 is 16.4 Å². The van der Waals surface area contributed by atoms with Crippen LogP contribution in [0.15, 0.2) is 51.8 Å². The molecule has 0 spiro atoms. The van der Waals surface area contributed by atoms with Crippen molar-refractivity contribution in [3.63, 3.8) is 0 Å². The number of oxazole rings is 1. The number of aromatic nitrogens is 3. The molecule has 8 heteroatoms. The second-order valence-corrected chi connectivity index (χ2v) is 6.13. The van der Waals surface area contributed by atoms with E-state index in [-0.39, 0.29) is 11.8 Å². The fourth-order valence-electron chi connectivity index (χ4n) is 2.70. The Morgan fingerprint density at radius 3 is 2.78 bits per heavy atom. The second kappa shape index (κ2) is 6.56. The van der Waals surface area contributed by atoms with Crippen molar-refractivity contribution in [2.24, 2.45) is 0 Å². The molecule has 2 aromatic carbocycles. The molecule has 0 aliphatic heterocycles. The van der Waals surface area contributed by atoms with Crippen molar-refractivity contribution >= 4 is 34.2 Å². The largest absolute Gasteiger partial charge is 0.417 e. The lowest BCUT2D eigenvalue weighted by Crippen LogP contribution is -2.04. The van der Waals surface area contributed by atoms with Crippen molar-refractivity contribution in [2.45, 2.75) is 13.8 Å². The van der Waals surface area contributed by atoms with Crippen LogP contribution in [-0.2, 0) is 0 Å². The summed E-state index contributed by atoms with van der Waals surface area (Å²) in [7, 11) is 0. The first-order valence-corrected chi connectivity index (χ1v) is 8.25. The van der Waals surface area contributed by atoms with Gasteiger partial charge in [0.05, 0.1) is 11.2 Å². The van der Waals surface area contributed by atoms with E-state index >= 15 is 0 Å². The number of fused-ring (bicyclic) bond motifs is 1. The molecule has 0 unspecified atom stereocenters. The lowest BCUT2D eigenvalue weighted by Gasteiger charge is -2.12. The Hall–Kier alpha value is -3.68. The molecule has 2 aromatic heterocycles. The highest BCUT2D eigenvalue weighted by molar-refractivity contribution is 5.78. The molecule has 136 valence electrons. The third kappa shape index (κ3) is 3.37. The number of nitrogens with one attached hydrogen (secondary N) is 3. The van der Waals surface area contributed by atoms with Gasteiger partial charge in [-0.25, -0.2) is 14.2 Å². The summed E-state index contributed by atoms with van der Waals surface area (Å²) in [4.78, 5) is 22.5. The van der Waals surface area contributed by atoms with Crippen LogP contribution in [0.4, 0.5) is 27.5 Å². The lowest BCUT2D eigenvalue weighted by molar-refractivity contribution is 0.555. The molecule has 0 atom stereocenters. The molecule has 27 heavy (non-hydrogen) atoms. The van der Waals surface area contributed by atoms with Crippen molar-refractivity contribution < 1.29 is 8.81 Å². The number of halogens is 1. The highest BCUT2D eigenvalue weighted by Gasteiger charge is 2.10. The van der Waals surface area contributed by atoms with Gasteiger partial charge in [-0.1, -0.05) is 12.1 Å². The summed E-state index contributed by atoms with van der Waals surface area (Å²) in [5.41, 5.74) is 3.67. The molecule has 0 amide bonds. The number of rotatable bonds is 4. The Kier molecular flexibility index (Phi) is 4.08. The molecule has 0 radical (unpaired) electrons. The average Bonchev–Trinajstić information content (AvgIpc) is 3.00. The number of anilines is 4. The van der Waals surface area contributed by atoms with E-state index in [2.05, 4.69) is 25.6 Å². The molecule has 2 heterocycles. The predicted octanol–water partition coefficient (Wildman–Crippen LogP) is 4.15. The highest BCUT2D eigenvalue weighted by Crippen LogP contribution is 2.25. The van der Waals surface area contributed by atoms with Crippen molar-refractivity contribution in [1.82, 2.24) is 15.0 Å². The van der Waals surface area contributed by atoms with Crippen LogP contribution in [0.5, 0.6) is 0 Å². The smallest absolute Gasteiger partial charge is 0.408 e. The van der Waals surface area contributed by atoms with Crippen LogP contribution in [0.3, 0.4) is 0 Å². The van der Waals surface area contributed by atoms with E-state index in [0.717, 1.165) is 16.8 Å². The van der Waals surface area contributed by atoms with E-state index in [9.17, 15) is 9.18 Å². The van der Waals surface area contributed by atoms with Crippen molar-refractivity contribution in [2.75, 3.05) is 10.6 Å². The third-order valence-electron chi connectivity index (χ3n) is 4.11. The molecule has 4 rings (SSSR count). The van der Waals surface area contributed by atoms with Crippen LogP contribution in [0, 0.1) is 19.7 Å². The average molecular weight is 365 g/mol. The minimum atomic E-state index is -0.507. The molecule has 0 aliphatic rings. The molecule has 7 nitrogen and oxygen atoms in total. The van der Waals surface area contributed by atoms with Crippen molar-refractivity contribution in [3.8, 4) is 0 Å². The summed E-state index contributed by atoms with van der Waals surface area (Å²) in [6, 6.07) is 10.0. The molecular weight excluding hydrogens is 349 g/mol. The summed E-state index contributed by atoms with van der Waals surface area (Å²) >= 11 is 0. The molecule has 0 saturated heterocycles. The fraction of sp³-hybridized carbons (Fsp3) is 0.105. The summed E-state index contributed by atoms with van der Waals surface area (Å²) in [6.07, 6.45) is 1.64. The van der Waals surface area contributed by atoms with E-state index in [0.29, 0.717) is 22.6 Å². The van der Waals surface area contributed by atoms with Crippen LogP contribution in [0.1, 0.15) is 11.1 Å². The third-order valence-corrected chi connectivity index (χ3v) is 4.11. The zero-order valence-electron chi connectivity index (χ0n) is 14.6. The first-order valence-electron chi connectivity index (χ1n) is 8.25. The first kappa shape index (κ1) is 16.8. The van der Waals surface area contributed by atoms with Gasteiger partial charge in [0, 0.05) is 17.4 Å². The monoisotopic (exact) mass is 365 g/mol. The molecule has 0 bridgehead atoms. The molecule has 0 fully saturated rings. The number of nitrogens with zero attached hydrogens (tertiary/aromatic N) is 2. The van der Waals surface area contributed by atoms with Gasteiger partial charge in [0.15, 0.2) is 5.58 Å². The van der Waals surface area contributed by atoms with E-state index in [1.807, 2.05) is 6.92 Å². The Bertz CT molecular complexity index is 1180. The van der Waals surface area contributed by atoms with Gasteiger partial charge in [0.2, 0.25) is 5.95 Å². The molecule has 3 N–H and O–H groups in total. The van der Waals surface area contributed by atoms with Gasteiger partial charge in [-0.15, -0.1) is 0 Å². The van der Waals surface area contributed by atoms with Crippen molar-refractivity contribution in [3.05, 3.63) is 70.1 Å². The Labute approximate surface area is 153 Å². The normalized spacial score (nSPS) is 10.9. The van der Waals surface area contributed by atoms with Crippen LogP contribution in [0.25, 0.3) is 11.1 Å². The number of hydrogen-bond acceptors (Lipinski definition) is 6. The van der Waals surface area contributed by atoms with Gasteiger partial charge >= 0.3 is 5.76 Å². The zero-order valence-corrected chi connectivity index (χ0v) is 14.6. The zero-order chi connectivity index (χ0) is 19.0. The number of benzene rings is 2. The summed E-state index contributed by atoms with van der Waals surface area (Å²) in [5, 5.41) is 6.11. The van der Waals surface area contributed by atoms with Crippen LogP contribution in [-0.4, -0.2) is 15.0 Å². The van der Waals surface area contributed by atoms with E-state index in [4.69, 9.17) is 4.42 Å². The summed E-state index contributed by atoms with van der Waals surface area (Å²) < 4.78 is 19.0. The van der Waals surface area contributed by atoms with Crippen molar-refractivity contribution in [1.29, 1.82) is 0 Å². The molecule has 0 aliphatic carbocycles. The van der Waals surface area contributed by atoms with E-state index in [1.165, 1.54) is 6.07 Å². The lowest BCUT2D eigenvalue weighted by atomic mass is 10.2. The number of hydrogen-bond donors (Lipinski definition) is 3. The van der Waals surface area contributed by atoms with Gasteiger partial charge < -0.3 is 15.1 Å². The number of para-hydroxylation sites is 1. The minimum Gasteiger partial charge on any atom is -0.408 e. The van der Waals surface area contributed by atoms with E-state index < -0.39 is 5.76 Å². The maximum atomic E-state index is 14.0. The Morgan fingerprint density at radius 2 is 1.96 bits per heavy atom. The fourth-order valence-corrected chi connectivity index (χ4v) is 2.70. The molecular formula is C19H16FN5O2. The van der Waals surface area contributed by atoms with Gasteiger partial charge in [0.25, 0.3) is 0 Å². The SMILES string of the molecule is Cc1cnc(Nc2c(C)cccc2F)nc1Nc1ccc2oc(=O)[nH]c2c1. The molecule has 0 saturated carbocycles. The predicted molar refractivity (Wildman–Crippen MR) is 101 cm³/mol. The minimum absolute atomic E-state index is 0.272. The molecule has 4 aromatic rings. The maximum absolute atomic E-state index is 14.0. The van der Waals surface area contributed by atoms with E-state index in [1.54, 1.807) is 43.5 Å². The van der Waals surface area contributed by atoms with Gasteiger partial charge in [-0.3, -0.25) is 4.98 Å². The Morgan fingerprint density at radius 1 is 1.11 bits per heavy atom. The summed E-state index contributed by atoms with van der Waals surface area (Å²) in [5.74, 6) is -0.0454. The van der Waals surface area contributed by atoms with Crippen LogP contribution >= 0.6 is 0 Å². The number of aromatic amines is 1. The van der Waals surface area contributed by atoms with Gasteiger partial charge in [-0.05, 0) is 43.7 Å². The summed E-state index contributed by atoms with van der Waals surface area (Å²) in [6.45, 7) is 3.67. The second-order valence-electron chi connectivity index (χ2n) is 6.13. The highest BCUT2D eigenvalue weighted by atomic mass is 19.1. The Balaban J connectivity index is 1.64. The van der Waals surface area contributed by atoms with Gasteiger partial charge in [-0.2, -0.15) is 4.98 Å². The maximum Gasteiger partial charge on any atom is 0.417 e. The number of H-pyrrole nitrogens is 1. The topological polar surface area (TPSA) is 95.8 Å². The number of aryl methyl sites for hydroxylation is 2. The van der Waals surface area contributed by atoms with Crippen LogP contribution in [0.2, 0.25) is 0 Å². The van der Waals surface area contributed by atoms with Gasteiger partial charge in [0.1, 0.15) is 11.6 Å². The standard InChI is InChI=1S/C19H16FN5O2/c1-10-4-3-5-13(20)16(10)24-18-21-9-11(2)17(25-18)22-12-6-7-15-14(8-12)23-19(26)27-15/h3-9H,1-2H3,(H,23,26)(H2,21,22,24,25). The first-order chi connectivity index (χ1) is 13.0.